The minimum absolute atomic E-state index is 0.0174. The summed E-state index contributed by atoms with van der Waals surface area (Å²) in [6, 6.07) is 6.76. The summed E-state index contributed by atoms with van der Waals surface area (Å²) in [7, 11) is 0. The van der Waals surface area contributed by atoms with Crippen molar-refractivity contribution in [1.29, 1.82) is 0 Å². The zero-order chi connectivity index (χ0) is 12.1. The van der Waals surface area contributed by atoms with Crippen LogP contribution in [0.2, 0.25) is 5.02 Å². The molecule has 0 radical (unpaired) electrons. The van der Waals surface area contributed by atoms with Gasteiger partial charge in [-0.1, -0.05) is 25.4 Å². The van der Waals surface area contributed by atoms with Crippen LogP contribution in [0.3, 0.4) is 0 Å². The van der Waals surface area contributed by atoms with Crippen molar-refractivity contribution in [2.75, 3.05) is 6.54 Å². The van der Waals surface area contributed by atoms with Gasteiger partial charge in [-0.05, 0) is 30.2 Å². The second-order valence-corrected chi connectivity index (χ2v) is 4.56. The summed E-state index contributed by atoms with van der Waals surface area (Å²) >= 11 is 5.73. The molecule has 88 valence electrons. The summed E-state index contributed by atoms with van der Waals surface area (Å²) in [6.07, 6.45) is 0. The van der Waals surface area contributed by atoms with E-state index in [4.69, 9.17) is 17.3 Å². The molecule has 4 heteroatoms. The zero-order valence-corrected chi connectivity index (χ0v) is 10.3. The van der Waals surface area contributed by atoms with Gasteiger partial charge in [0.05, 0.1) is 0 Å². The van der Waals surface area contributed by atoms with Crippen molar-refractivity contribution in [1.82, 2.24) is 5.32 Å². The van der Waals surface area contributed by atoms with E-state index in [1.807, 2.05) is 13.8 Å². The molecular formula is C12H17ClN2O. The molecule has 0 aromatic heterocycles. The predicted molar refractivity (Wildman–Crippen MR) is 66.6 cm³/mol. The standard InChI is InChI=1S/C12H17ClN2O/c1-8(2)11(14)7-15-12(16)9-3-5-10(13)6-4-9/h3-6,8,11H,7,14H2,1-2H3,(H,15,16)/t11-/m1/s1. The molecule has 1 aromatic rings. The molecule has 0 aliphatic carbocycles. The molecule has 0 heterocycles. The average Bonchev–Trinajstić information content (AvgIpc) is 2.26. The highest BCUT2D eigenvalue weighted by atomic mass is 35.5. The maximum atomic E-state index is 11.7. The maximum absolute atomic E-state index is 11.7. The molecule has 3 nitrogen and oxygen atoms in total. The normalized spacial score (nSPS) is 12.6. The highest BCUT2D eigenvalue weighted by Crippen LogP contribution is 2.09. The molecule has 1 amide bonds. The number of nitrogens with one attached hydrogen (secondary N) is 1. The lowest BCUT2D eigenvalue weighted by atomic mass is 10.1. The van der Waals surface area contributed by atoms with Gasteiger partial charge < -0.3 is 11.1 Å². The van der Waals surface area contributed by atoms with Crippen LogP contribution in [0.1, 0.15) is 24.2 Å². The van der Waals surface area contributed by atoms with Crippen LogP contribution in [0.15, 0.2) is 24.3 Å². The van der Waals surface area contributed by atoms with Crippen LogP contribution < -0.4 is 11.1 Å². The van der Waals surface area contributed by atoms with E-state index < -0.39 is 0 Å². The van der Waals surface area contributed by atoms with Gasteiger partial charge in [0, 0.05) is 23.2 Å². The average molecular weight is 241 g/mol. The Morgan fingerprint density at radius 2 is 1.94 bits per heavy atom. The Hall–Kier alpha value is -1.06. The van der Waals surface area contributed by atoms with Crippen LogP contribution in [-0.4, -0.2) is 18.5 Å². The first-order valence-electron chi connectivity index (χ1n) is 5.30. The van der Waals surface area contributed by atoms with E-state index in [0.29, 0.717) is 23.0 Å². The van der Waals surface area contributed by atoms with E-state index in [1.54, 1.807) is 24.3 Å². The Bertz CT molecular complexity index is 349. The molecule has 3 N–H and O–H groups in total. The highest BCUT2D eigenvalue weighted by Gasteiger charge is 2.10. The van der Waals surface area contributed by atoms with Crippen LogP contribution in [0.4, 0.5) is 0 Å². The SMILES string of the molecule is CC(C)[C@H](N)CNC(=O)c1ccc(Cl)cc1. The van der Waals surface area contributed by atoms with E-state index in [2.05, 4.69) is 5.32 Å². The Morgan fingerprint density at radius 1 is 1.38 bits per heavy atom. The van der Waals surface area contributed by atoms with Crippen LogP contribution in [0, 0.1) is 5.92 Å². The second-order valence-electron chi connectivity index (χ2n) is 4.12. The number of carbonyl (C=O) groups is 1. The Morgan fingerprint density at radius 3 is 2.44 bits per heavy atom. The first kappa shape index (κ1) is 13.0. The second kappa shape index (κ2) is 5.87. The van der Waals surface area contributed by atoms with Crippen LogP contribution in [0.25, 0.3) is 0 Å². The molecule has 0 bridgehead atoms. The lowest BCUT2D eigenvalue weighted by Crippen LogP contribution is -2.40. The molecular weight excluding hydrogens is 224 g/mol. The number of carbonyl (C=O) groups excluding carboxylic acids is 1. The van der Waals surface area contributed by atoms with Crippen LogP contribution in [-0.2, 0) is 0 Å². The number of halogens is 1. The third-order valence-corrected chi connectivity index (χ3v) is 2.71. The van der Waals surface area contributed by atoms with Gasteiger partial charge in [-0.25, -0.2) is 0 Å². The van der Waals surface area contributed by atoms with Gasteiger partial charge in [-0.3, -0.25) is 4.79 Å². The number of nitrogens with two attached hydrogens (primary N) is 1. The Kier molecular flexibility index (Phi) is 4.77. The molecule has 0 spiro atoms. The van der Waals surface area contributed by atoms with Crippen molar-refractivity contribution < 1.29 is 4.79 Å². The fourth-order valence-electron chi connectivity index (χ4n) is 1.15. The molecule has 1 aromatic carbocycles. The molecule has 16 heavy (non-hydrogen) atoms. The van der Waals surface area contributed by atoms with E-state index in [9.17, 15) is 4.79 Å². The van der Waals surface area contributed by atoms with Crippen molar-refractivity contribution in [2.45, 2.75) is 19.9 Å². The zero-order valence-electron chi connectivity index (χ0n) is 9.53. The monoisotopic (exact) mass is 240 g/mol. The predicted octanol–water partition coefficient (Wildman–Crippen LogP) is 2.05. The summed E-state index contributed by atoms with van der Waals surface area (Å²) in [4.78, 5) is 11.7. The largest absolute Gasteiger partial charge is 0.350 e. The minimum atomic E-state index is -0.118. The van der Waals surface area contributed by atoms with E-state index in [0.717, 1.165) is 0 Å². The van der Waals surface area contributed by atoms with Gasteiger partial charge in [-0.2, -0.15) is 0 Å². The maximum Gasteiger partial charge on any atom is 0.251 e. The lowest BCUT2D eigenvalue weighted by Gasteiger charge is -2.16. The Labute approximate surface area is 101 Å². The molecule has 0 fully saturated rings. The number of hydrogen-bond acceptors (Lipinski definition) is 2. The van der Waals surface area contributed by atoms with Crippen molar-refractivity contribution in [3.8, 4) is 0 Å². The van der Waals surface area contributed by atoms with Gasteiger partial charge in [-0.15, -0.1) is 0 Å². The number of hydrogen-bond donors (Lipinski definition) is 2. The van der Waals surface area contributed by atoms with E-state index in [1.165, 1.54) is 0 Å². The fraction of sp³-hybridized carbons (Fsp3) is 0.417. The molecule has 1 rings (SSSR count). The van der Waals surface area contributed by atoms with Crippen LogP contribution in [0.5, 0.6) is 0 Å². The third kappa shape index (κ3) is 3.83. The van der Waals surface area contributed by atoms with Gasteiger partial charge in [0.1, 0.15) is 0 Å². The lowest BCUT2D eigenvalue weighted by molar-refractivity contribution is 0.0949. The van der Waals surface area contributed by atoms with Gasteiger partial charge in [0.15, 0.2) is 0 Å². The highest BCUT2D eigenvalue weighted by molar-refractivity contribution is 6.30. The first-order valence-corrected chi connectivity index (χ1v) is 5.68. The molecule has 0 saturated heterocycles. The summed E-state index contributed by atoms with van der Waals surface area (Å²) in [5.41, 5.74) is 6.43. The van der Waals surface area contributed by atoms with Gasteiger partial charge in [0.25, 0.3) is 5.91 Å². The van der Waals surface area contributed by atoms with Crippen molar-refractivity contribution >= 4 is 17.5 Å². The quantitative estimate of drug-likeness (QED) is 0.847. The first-order chi connectivity index (χ1) is 7.50. The molecule has 0 aliphatic heterocycles. The van der Waals surface area contributed by atoms with Crippen molar-refractivity contribution in [3.05, 3.63) is 34.9 Å². The van der Waals surface area contributed by atoms with Gasteiger partial charge in [0.2, 0.25) is 0 Å². The molecule has 0 aliphatic rings. The smallest absolute Gasteiger partial charge is 0.251 e. The number of amides is 1. The summed E-state index contributed by atoms with van der Waals surface area (Å²) in [6.45, 7) is 4.54. The number of rotatable bonds is 4. The van der Waals surface area contributed by atoms with Crippen molar-refractivity contribution in [3.63, 3.8) is 0 Å². The fourth-order valence-corrected chi connectivity index (χ4v) is 1.28. The summed E-state index contributed by atoms with van der Waals surface area (Å²) < 4.78 is 0. The summed E-state index contributed by atoms with van der Waals surface area (Å²) in [5.74, 6) is 0.235. The third-order valence-electron chi connectivity index (χ3n) is 2.46. The minimum Gasteiger partial charge on any atom is -0.350 e. The number of benzene rings is 1. The topological polar surface area (TPSA) is 55.1 Å². The Balaban J connectivity index is 2.50. The van der Waals surface area contributed by atoms with Crippen LogP contribution >= 0.6 is 11.6 Å². The molecule has 1 atom stereocenters. The molecule has 0 saturated carbocycles. The van der Waals surface area contributed by atoms with E-state index >= 15 is 0 Å². The summed E-state index contributed by atoms with van der Waals surface area (Å²) in [5, 5.41) is 3.41. The van der Waals surface area contributed by atoms with E-state index in [-0.39, 0.29) is 11.9 Å². The molecule has 0 unspecified atom stereocenters. The van der Waals surface area contributed by atoms with Crippen molar-refractivity contribution in [2.24, 2.45) is 11.7 Å². The van der Waals surface area contributed by atoms with Gasteiger partial charge >= 0.3 is 0 Å².